The Morgan fingerprint density at radius 1 is 0.810 bits per heavy atom. The largest absolute Gasteiger partial charge is 0.465 e. The third-order valence-corrected chi connectivity index (χ3v) is 1.18. The Kier molecular flexibility index (Phi) is 51.6. The summed E-state index contributed by atoms with van der Waals surface area (Å²) in [6, 6.07) is 0. The highest BCUT2D eigenvalue weighted by Crippen LogP contribution is 2.12. The molecule has 0 rings (SSSR count). The van der Waals surface area contributed by atoms with E-state index in [9.17, 15) is 4.79 Å². The summed E-state index contributed by atoms with van der Waals surface area (Å²) in [5, 5.41) is 8.40. The predicted molar refractivity (Wildman–Crippen MR) is 103 cm³/mol. The first-order valence-corrected chi connectivity index (χ1v) is 5.22. The molecule has 0 heterocycles. The summed E-state index contributed by atoms with van der Waals surface area (Å²) in [4.78, 5) is 10.3. The second kappa shape index (κ2) is 21.7. The van der Waals surface area contributed by atoms with Gasteiger partial charge in [-0.15, -0.1) is 0 Å². The van der Waals surface area contributed by atoms with Gasteiger partial charge in [0.2, 0.25) is 0 Å². The second-order valence-corrected chi connectivity index (χ2v) is 6.06. The summed E-state index contributed by atoms with van der Waals surface area (Å²) in [6.07, 6.45) is 0. The quantitative estimate of drug-likeness (QED) is 0.567. The average molecular weight is 315 g/mol. The van der Waals surface area contributed by atoms with Crippen LogP contribution >= 0.6 is 0 Å². The first kappa shape index (κ1) is 49.9. The number of hydrogen-bond donors (Lipinski definition) is 1. The molecular formula is C18H50O3. The Hall–Kier alpha value is -0.570. The zero-order valence-corrected chi connectivity index (χ0v) is 11.2. The summed E-state index contributed by atoms with van der Waals surface area (Å²) in [5.74, 6) is -0.204. The zero-order chi connectivity index (χ0) is 12.7. The predicted octanol–water partition coefficient (Wildman–Crippen LogP) is 6.44. The molecule has 21 heavy (non-hydrogen) atoms. The van der Waals surface area contributed by atoms with Crippen LogP contribution in [0.3, 0.4) is 0 Å². The number of ether oxygens (including phenoxy) is 1. The van der Waals surface area contributed by atoms with Crippen LogP contribution < -0.4 is 0 Å². The first-order chi connectivity index (χ1) is 6.48. The smallest absolute Gasteiger partial charge is 0.302 e. The van der Waals surface area contributed by atoms with Crippen LogP contribution in [0.15, 0.2) is 0 Å². The maximum Gasteiger partial charge on any atom is 0.302 e. The summed E-state index contributed by atoms with van der Waals surface area (Å²) in [6.45, 7) is 14.2. The van der Waals surface area contributed by atoms with Gasteiger partial charge in [0.15, 0.2) is 0 Å². The fraction of sp³-hybridized carbons (Fsp3) is 0.944. The normalized spacial score (nSPS) is 8.19. The van der Waals surface area contributed by atoms with Crippen LogP contribution in [0.4, 0.5) is 0 Å². The average Bonchev–Trinajstić information content (AvgIpc) is 2.00. The Morgan fingerprint density at radius 3 is 1.10 bits per heavy atom. The van der Waals surface area contributed by atoms with E-state index in [1.54, 1.807) is 0 Å². The van der Waals surface area contributed by atoms with Crippen molar-refractivity contribution >= 4 is 5.97 Å². The monoisotopic (exact) mass is 314 g/mol. The van der Waals surface area contributed by atoms with Crippen molar-refractivity contribution in [2.24, 2.45) is 10.8 Å². The molecule has 0 atom stereocenters. The van der Waals surface area contributed by atoms with E-state index in [2.05, 4.69) is 0 Å². The molecule has 3 nitrogen and oxygen atoms in total. The maximum absolute atomic E-state index is 10.3. The Balaban J connectivity index is -0.0000000217. The van der Waals surface area contributed by atoms with Gasteiger partial charge in [-0.1, -0.05) is 86.1 Å². The molecule has 0 aliphatic heterocycles. The highest BCUT2D eigenvalue weighted by molar-refractivity contribution is 5.65. The molecule has 0 saturated heterocycles. The van der Waals surface area contributed by atoms with Gasteiger partial charge < -0.3 is 9.84 Å². The third-order valence-electron chi connectivity index (χ3n) is 1.18. The van der Waals surface area contributed by atoms with Gasteiger partial charge in [-0.2, -0.15) is 0 Å². The fourth-order valence-corrected chi connectivity index (χ4v) is 0.318. The maximum atomic E-state index is 10.3. The molecule has 0 bridgehead atoms. The van der Waals surface area contributed by atoms with Gasteiger partial charge in [-0.05, 0) is 10.8 Å². The molecule has 1 N–H and O–H groups in total. The first-order valence-electron chi connectivity index (χ1n) is 5.22. The van der Waals surface area contributed by atoms with E-state index in [1.807, 2.05) is 41.5 Å². The van der Waals surface area contributed by atoms with E-state index in [-0.39, 0.29) is 68.0 Å². The van der Waals surface area contributed by atoms with Crippen LogP contribution in [0, 0.1) is 10.8 Å². The van der Waals surface area contributed by atoms with Crippen molar-refractivity contribution in [3.63, 3.8) is 0 Å². The molecule has 0 amide bonds. The van der Waals surface area contributed by atoms with Crippen LogP contribution in [0.1, 0.15) is 93.0 Å². The third kappa shape index (κ3) is 83.1. The lowest BCUT2D eigenvalue weighted by Crippen LogP contribution is -2.16. The molecule has 0 spiro atoms. The topological polar surface area (TPSA) is 46.5 Å². The van der Waals surface area contributed by atoms with Crippen LogP contribution in [-0.4, -0.2) is 24.3 Å². The van der Waals surface area contributed by atoms with Crippen molar-refractivity contribution in [1.82, 2.24) is 0 Å². The summed E-state index contributed by atoms with van der Waals surface area (Å²) in [5.41, 5.74) is 0.186. The molecule has 0 aromatic rings. The van der Waals surface area contributed by atoms with Crippen LogP contribution in [0.25, 0.3) is 0 Å². The minimum absolute atomic E-state index is 0. The number of esters is 1. The highest BCUT2D eigenvalue weighted by Gasteiger charge is 2.10. The van der Waals surface area contributed by atoms with E-state index >= 15 is 0 Å². The number of carbonyl (C=O) groups excluding carboxylic acids is 1. The van der Waals surface area contributed by atoms with Gasteiger partial charge in [0, 0.05) is 13.5 Å². The number of hydrogen-bond acceptors (Lipinski definition) is 3. The minimum Gasteiger partial charge on any atom is -0.465 e. The molecule has 0 aliphatic rings. The molecule has 0 fully saturated rings. The molecule has 3 heteroatoms. The fourth-order valence-electron chi connectivity index (χ4n) is 0.318. The second-order valence-electron chi connectivity index (χ2n) is 6.06. The van der Waals surface area contributed by atoms with Gasteiger partial charge in [0.25, 0.3) is 0 Å². The van der Waals surface area contributed by atoms with Crippen LogP contribution in [0.2, 0.25) is 0 Å². The number of aliphatic hydroxyl groups excluding tert-OH is 1. The summed E-state index contributed by atoms with van der Waals surface area (Å²) in [7, 11) is 0. The van der Waals surface area contributed by atoms with Gasteiger partial charge in [-0.3, -0.25) is 4.79 Å². The number of carbonyl (C=O) groups is 1. The Bertz CT molecular complexity index is 174. The lowest BCUT2D eigenvalue weighted by Gasteiger charge is -2.16. The van der Waals surface area contributed by atoms with Crippen molar-refractivity contribution in [1.29, 1.82) is 0 Å². The van der Waals surface area contributed by atoms with Crippen molar-refractivity contribution in [2.75, 3.05) is 13.2 Å². The molecular weight excluding hydrogens is 264 g/mol. The van der Waals surface area contributed by atoms with Crippen molar-refractivity contribution in [3.8, 4) is 0 Å². The molecule has 0 saturated carbocycles. The van der Waals surface area contributed by atoms with Crippen LogP contribution in [0.5, 0.6) is 0 Å². The number of rotatable bonds is 1. The number of aliphatic hydroxyl groups is 1. The standard InChI is InChI=1S/C7H14O2.C5H12O.6CH4/c1-6(8)9-5-7(2,3)4;1-5(2,3)4-6;;;;;;/h5H2,1-4H3;6H,4H2,1-3H3;6*1H4. The van der Waals surface area contributed by atoms with Crippen molar-refractivity contribution in [2.45, 2.75) is 93.0 Å². The SMILES string of the molecule is C.C.C.C.C.C.CC(=O)OCC(C)(C)C.CC(C)(C)CO. The van der Waals surface area contributed by atoms with Gasteiger partial charge >= 0.3 is 5.97 Å². The molecule has 0 unspecified atom stereocenters. The zero-order valence-electron chi connectivity index (χ0n) is 11.2. The van der Waals surface area contributed by atoms with E-state index in [4.69, 9.17) is 9.84 Å². The summed E-state index contributed by atoms with van der Waals surface area (Å²) >= 11 is 0. The molecule has 0 aromatic heterocycles. The van der Waals surface area contributed by atoms with Crippen molar-refractivity contribution in [3.05, 3.63) is 0 Å². The van der Waals surface area contributed by atoms with Crippen LogP contribution in [-0.2, 0) is 9.53 Å². The van der Waals surface area contributed by atoms with Gasteiger partial charge in [0.05, 0.1) is 6.61 Å². The molecule has 0 aliphatic carbocycles. The van der Waals surface area contributed by atoms with E-state index in [0.717, 1.165) is 0 Å². The highest BCUT2D eigenvalue weighted by atomic mass is 16.5. The minimum atomic E-state index is -0.204. The van der Waals surface area contributed by atoms with Crippen molar-refractivity contribution < 1.29 is 14.6 Å². The Morgan fingerprint density at radius 2 is 1.05 bits per heavy atom. The molecule has 0 aromatic carbocycles. The Labute approximate surface area is 138 Å². The molecule has 140 valence electrons. The lowest BCUT2D eigenvalue weighted by molar-refractivity contribution is -0.143. The van der Waals surface area contributed by atoms with Gasteiger partial charge in [-0.25, -0.2) is 0 Å². The lowest BCUT2D eigenvalue weighted by atomic mass is 9.99. The molecule has 0 radical (unpaired) electrons. The summed E-state index contributed by atoms with van der Waals surface area (Å²) < 4.78 is 4.77. The van der Waals surface area contributed by atoms with E-state index < -0.39 is 0 Å². The van der Waals surface area contributed by atoms with E-state index in [1.165, 1.54) is 6.92 Å². The van der Waals surface area contributed by atoms with Gasteiger partial charge in [0.1, 0.15) is 0 Å². The van der Waals surface area contributed by atoms with E-state index in [0.29, 0.717) is 6.61 Å².